The third-order valence-corrected chi connectivity index (χ3v) is 5.47. The summed E-state index contributed by atoms with van der Waals surface area (Å²) in [4.78, 5) is 29.2. The molecule has 0 aliphatic heterocycles. The van der Waals surface area contributed by atoms with Gasteiger partial charge in [-0.1, -0.05) is 32.4 Å². The summed E-state index contributed by atoms with van der Waals surface area (Å²) in [5.41, 5.74) is 2.81. The average Bonchev–Trinajstić information content (AvgIpc) is 3.11. The molecular formula is C24H33N4NaO5. The first kappa shape index (κ1) is 28.0. The van der Waals surface area contributed by atoms with Crippen LogP contribution in [0.3, 0.4) is 0 Å². The second kappa shape index (κ2) is 13.0. The van der Waals surface area contributed by atoms with Gasteiger partial charge in [-0.2, -0.15) is 5.10 Å². The Morgan fingerprint density at radius 1 is 1.21 bits per heavy atom. The zero-order valence-corrected chi connectivity index (χ0v) is 22.7. The van der Waals surface area contributed by atoms with Gasteiger partial charge in [-0.05, 0) is 31.0 Å². The number of carbonyl (C=O) groups is 1. The second-order valence-corrected chi connectivity index (χ2v) is 7.83. The Kier molecular flexibility index (Phi) is 10.8. The van der Waals surface area contributed by atoms with Crippen LogP contribution in [0.15, 0.2) is 29.1 Å². The van der Waals surface area contributed by atoms with E-state index in [2.05, 4.69) is 12.0 Å². The van der Waals surface area contributed by atoms with Crippen LogP contribution in [-0.2, 0) is 42.4 Å². The first-order valence-electron chi connectivity index (χ1n) is 11.4. The van der Waals surface area contributed by atoms with Gasteiger partial charge in [-0.3, -0.25) is 14.0 Å². The van der Waals surface area contributed by atoms with Gasteiger partial charge in [0, 0.05) is 26.5 Å². The molecule has 0 bridgehead atoms. The van der Waals surface area contributed by atoms with Crippen molar-refractivity contribution >= 4 is 17.0 Å². The van der Waals surface area contributed by atoms with Gasteiger partial charge in [0.25, 0.3) is 5.56 Å². The molecule has 10 heteroatoms. The van der Waals surface area contributed by atoms with Crippen molar-refractivity contribution in [3.8, 4) is 5.75 Å². The van der Waals surface area contributed by atoms with Crippen molar-refractivity contribution in [2.24, 2.45) is 7.05 Å². The van der Waals surface area contributed by atoms with Crippen LogP contribution in [0.2, 0.25) is 0 Å². The average molecular weight is 481 g/mol. The number of hydrogen-bond donors (Lipinski definition) is 1. The molecule has 9 nitrogen and oxygen atoms in total. The van der Waals surface area contributed by atoms with E-state index in [0.717, 1.165) is 24.1 Å². The molecule has 0 fully saturated rings. The molecule has 2 aromatic heterocycles. The largest absolute Gasteiger partial charge is 1.00 e. The van der Waals surface area contributed by atoms with Gasteiger partial charge in [-0.15, -0.1) is 0 Å². The zero-order valence-electron chi connectivity index (χ0n) is 21.7. The molecule has 0 radical (unpaired) electrons. The second-order valence-electron chi connectivity index (χ2n) is 7.83. The summed E-state index contributed by atoms with van der Waals surface area (Å²) in [6, 6.07) is 7.24. The van der Waals surface area contributed by atoms with Gasteiger partial charge in [0.15, 0.2) is 11.6 Å². The summed E-state index contributed by atoms with van der Waals surface area (Å²) in [5.74, 6) is 0.385. The van der Waals surface area contributed by atoms with Gasteiger partial charge in [0.1, 0.15) is 23.7 Å². The van der Waals surface area contributed by atoms with E-state index in [1.807, 2.05) is 19.1 Å². The SMILES string of the molecule is CCCc1nn(C)c2c(=O)n(CCOc3ccc(CC(OCC)C(=O)O)cc3)c(CC)nc12.[H-].[Na+]. The minimum atomic E-state index is -0.977. The zero-order chi connectivity index (χ0) is 24.0. The number of aryl methyl sites for hydroxylation is 3. The van der Waals surface area contributed by atoms with E-state index in [4.69, 9.17) is 14.5 Å². The van der Waals surface area contributed by atoms with Gasteiger partial charge in [0.05, 0.1) is 12.2 Å². The Morgan fingerprint density at radius 2 is 1.91 bits per heavy atom. The number of hydrogen-bond acceptors (Lipinski definition) is 6. The van der Waals surface area contributed by atoms with Gasteiger partial charge >= 0.3 is 35.5 Å². The monoisotopic (exact) mass is 480 g/mol. The van der Waals surface area contributed by atoms with E-state index in [-0.39, 0.29) is 43.0 Å². The number of rotatable bonds is 12. The molecular weight excluding hydrogens is 447 g/mol. The van der Waals surface area contributed by atoms with Crippen LogP contribution in [-0.4, -0.2) is 49.7 Å². The van der Waals surface area contributed by atoms with Crippen molar-refractivity contribution in [2.45, 2.75) is 59.1 Å². The first-order chi connectivity index (χ1) is 15.9. The van der Waals surface area contributed by atoms with Gasteiger partial charge in [-0.25, -0.2) is 9.78 Å². The summed E-state index contributed by atoms with van der Waals surface area (Å²) in [6.07, 6.45) is 1.77. The molecule has 0 saturated carbocycles. The fraction of sp³-hybridized carbons (Fsp3) is 0.500. The van der Waals surface area contributed by atoms with Crippen molar-refractivity contribution in [2.75, 3.05) is 13.2 Å². The minimum Gasteiger partial charge on any atom is -1.00 e. The van der Waals surface area contributed by atoms with Gasteiger partial charge in [0.2, 0.25) is 0 Å². The Labute approximate surface area is 222 Å². The number of aliphatic carboxylic acids is 1. The van der Waals surface area contributed by atoms with Crippen LogP contribution >= 0.6 is 0 Å². The maximum atomic E-state index is 13.2. The summed E-state index contributed by atoms with van der Waals surface area (Å²) in [6.45, 7) is 6.84. The first-order valence-corrected chi connectivity index (χ1v) is 11.4. The van der Waals surface area contributed by atoms with E-state index in [1.165, 1.54) is 0 Å². The molecule has 180 valence electrons. The predicted octanol–water partition coefficient (Wildman–Crippen LogP) is -0.127. The van der Waals surface area contributed by atoms with E-state index >= 15 is 0 Å². The quantitative estimate of drug-likeness (QED) is 0.360. The Bertz CT molecular complexity index is 1160. The van der Waals surface area contributed by atoms with Crippen molar-refractivity contribution in [1.82, 2.24) is 19.3 Å². The van der Waals surface area contributed by atoms with Crippen molar-refractivity contribution in [3.63, 3.8) is 0 Å². The minimum absolute atomic E-state index is 0. The third-order valence-electron chi connectivity index (χ3n) is 5.47. The van der Waals surface area contributed by atoms with Crippen LogP contribution in [0, 0.1) is 0 Å². The molecule has 2 heterocycles. The van der Waals surface area contributed by atoms with E-state index < -0.39 is 12.1 Å². The van der Waals surface area contributed by atoms with Crippen LogP contribution in [0.25, 0.3) is 11.0 Å². The number of carboxylic acids is 1. The molecule has 3 aromatic rings. The number of ether oxygens (including phenoxy) is 2. The molecule has 0 amide bonds. The number of nitrogens with zero attached hydrogens (tertiary/aromatic N) is 4. The topological polar surface area (TPSA) is 108 Å². The predicted molar refractivity (Wildman–Crippen MR) is 126 cm³/mol. The normalized spacial score (nSPS) is 11.9. The summed E-state index contributed by atoms with van der Waals surface area (Å²) >= 11 is 0. The maximum absolute atomic E-state index is 13.2. The van der Waals surface area contributed by atoms with Crippen LogP contribution < -0.4 is 39.9 Å². The van der Waals surface area contributed by atoms with Crippen LogP contribution in [0.5, 0.6) is 5.75 Å². The Morgan fingerprint density at radius 3 is 2.50 bits per heavy atom. The van der Waals surface area contributed by atoms with Gasteiger partial charge < -0.3 is 16.0 Å². The maximum Gasteiger partial charge on any atom is 1.00 e. The summed E-state index contributed by atoms with van der Waals surface area (Å²) in [7, 11) is 1.78. The molecule has 0 spiro atoms. The van der Waals surface area contributed by atoms with E-state index in [0.29, 0.717) is 48.8 Å². The number of benzene rings is 1. The van der Waals surface area contributed by atoms with Crippen LogP contribution in [0.4, 0.5) is 0 Å². The fourth-order valence-corrected chi connectivity index (χ4v) is 3.88. The smallest absolute Gasteiger partial charge is 1.00 e. The summed E-state index contributed by atoms with van der Waals surface area (Å²) in [5, 5.41) is 13.7. The molecule has 1 atom stereocenters. The molecule has 0 aliphatic rings. The van der Waals surface area contributed by atoms with Crippen molar-refractivity contribution in [1.29, 1.82) is 0 Å². The molecule has 1 unspecified atom stereocenters. The number of fused-ring (bicyclic) bond motifs is 1. The van der Waals surface area contributed by atoms with Crippen molar-refractivity contribution in [3.05, 3.63) is 51.7 Å². The van der Waals surface area contributed by atoms with Crippen LogP contribution in [0.1, 0.15) is 45.7 Å². The number of carboxylic acid groups (broad SMARTS) is 1. The fourth-order valence-electron chi connectivity index (χ4n) is 3.88. The molecule has 34 heavy (non-hydrogen) atoms. The standard InChI is InChI=1S/C24H32N4O5.Na.H/c1-5-8-18-21-22(27(4)26-18)23(29)28(20(6-2)25-21)13-14-33-17-11-9-16(10-12-17)15-19(24(30)31)32-7-3;;/h9-12,19H,5-8,13-15H2,1-4H3,(H,30,31);;/q;+1;-1. The molecule has 1 N–H and O–H groups in total. The summed E-state index contributed by atoms with van der Waals surface area (Å²) < 4.78 is 14.4. The Balaban J connectivity index is 0.00000306. The van der Waals surface area contributed by atoms with Crippen molar-refractivity contribution < 1.29 is 50.4 Å². The van der Waals surface area contributed by atoms with E-state index in [1.54, 1.807) is 35.4 Å². The molecule has 3 rings (SSSR count). The third kappa shape index (κ3) is 6.47. The molecule has 0 aliphatic carbocycles. The molecule has 1 aromatic carbocycles. The van der Waals surface area contributed by atoms with E-state index in [9.17, 15) is 14.7 Å². The number of aromatic nitrogens is 4. The Hall–Kier alpha value is -2.20. The molecule has 0 saturated heterocycles.